The molecule has 1 saturated heterocycles. The quantitative estimate of drug-likeness (QED) is 0.530. The van der Waals surface area contributed by atoms with Crippen molar-refractivity contribution in [1.29, 1.82) is 5.26 Å². The van der Waals surface area contributed by atoms with E-state index in [1.807, 2.05) is 12.1 Å². The number of anilines is 1. The highest BCUT2D eigenvalue weighted by atomic mass is 32.2. The van der Waals surface area contributed by atoms with Crippen molar-refractivity contribution in [3.05, 3.63) is 48.2 Å². The number of sulfonamides is 1. The molecule has 0 radical (unpaired) electrons. The number of rotatable bonds is 7. The van der Waals surface area contributed by atoms with Gasteiger partial charge in [-0.1, -0.05) is 12.1 Å². The number of carbonyl (C=O) groups excluding carboxylic acids is 1. The third-order valence-electron chi connectivity index (χ3n) is 5.07. The van der Waals surface area contributed by atoms with E-state index < -0.39 is 22.2 Å². The van der Waals surface area contributed by atoms with Gasteiger partial charge in [0.25, 0.3) is 0 Å². The summed E-state index contributed by atoms with van der Waals surface area (Å²) in [6.45, 7) is 2.22. The minimum Gasteiger partial charge on any atom is -0.493 e. The monoisotopic (exact) mass is 543 g/mol. The van der Waals surface area contributed by atoms with E-state index in [4.69, 9.17) is 19.9 Å². The van der Waals surface area contributed by atoms with Crippen LogP contribution in [0.25, 0.3) is 0 Å². The Bertz CT molecular complexity index is 1240. The number of hydrogen-bond donors (Lipinski definition) is 2. The van der Waals surface area contributed by atoms with Gasteiger partial charge in [0.1, 0.15) is 6.07 Å². The Labute approximate surface area is 211 Å². The summed E-state index contributed by atoms with van der Waals surface area (Å²) >= 11 is 0. The van der Waals surface area contributed by atoms with Crippen LogP contribution in [0.1, 0.15) is 12.0 Å². The van der Waals surface area contributed by atoms with Gasteiger partial charge in [0.15, 0.2) is 11.6 Å². The zero-order chi connectivity index (χ0) is 27.6. The fraction of sp³-hybridized carbons (Fsp3) is 0.364. The molecule has 37 heavy (non-hydrogen) atoms. The molecule has 1 amide bonds. The molecule has 0 bridgehead atoms. The fourth-order valence-corrected chi connectivity index (χ4v) is 4.46. The number of carboxylic acids is 1. The van der Waals surface area contributed by atoms with Gasteiger partial charge in [-0.2, -0.15) is 18.4 Å². The van der Waals surface area contributed by atoms with Crippen LogP contribution in [0.4, 0.5) is 19.0 Å². The number of carboxylic acid groups (broad SMARTS) is 1. The van der Waals surface area contributed by atoms with E-state index in [1.165, 1.54) is 12.1 Å². The molecule has 1 aliphatic rings. The van der Waals surface area contributed by atoms with Gasteiger partial charge in [-0.05, 0) is 24.3 Å². The number of piperazine rings is 1. The van der Waals surface area contributed by atoms with Gasteiger partial charge in [0.2, 0.25) is 15.9 Å². The molecule has 11 nitrogen and oxygen atoms in total. The summed E-state index contributed by atoms with van der Waals surface area (Å²) in [6.07, 6.45) is -3.34. The second kappa shape index (κ2) is 12.9. The second-order valence-electron chi connectivity index (χ2n) is 7.46. The lowest BCUT2D eigenvalue weighted by Crippen LogP contribution is -2.49. The van der Waals surface area contributed by atoms with Crippen molar-refractivity contribution in [3.8, 4) is 11.8 Å². The summed E-state index contributed by atoms with van der Waals surface area (Å²) in [4.78, 5) is 29.4. The minimum absolute atomic E-state index is 0.0325. The predicted octanol–water partition coefficient (Wildman–Crippen LogP) is 1.61. The zero-order valence-corrected chi connectivity index (χ0v) is 20.4. The number of nitrogens with one attached hydrogen (secondary N) is 1. The van der Waals surface area contributed by atoms with Crippen LogP contribution in [0.15, 0.2) is 47.5 Å². The van der Waals surface area contributed by atoms with Crippen molar-refractivity contribution in [2.75, 3.05) is 44.7 Å². The number of nitriles is 1. The van der Waals surface area contributed by atoms with Crippen molar-refractivity contribution in [3.63, 3.8) is 0 Å². The lowest BCUT2D eigenvalue weighted by atomic mass is 10.2. The number of hydrogen-bond acceptors (Lipinski definition) is 8. The van der Waals surface area contributed by atoms with Crippen molar-refractivity contribution in [2.45, 2.75) is 17.5 Å². The Kier molecular flexibility index (Phi) is 10.2. The van der Waals surface area contributed by atoms with Crippen LogP contribution in [0, 0.1) is 11.3 Å². The number of benzene rings is 1. The molecule has 3 rings (SSSR count). The Morgan fingerprint density at radius 1 is 1.16 bits per heavy atom. The predicted molar refractivity (Wildman–Crippen MR) is 124 cm³/mol. The smallest absolute Gasteiger partial charge is 0.490 e. The standard InChI is InChI=1S/C20H23N5O4S.C2HF3O2/c1-29-17-6-4-9-22-20(17)25-13-11-24(12-14-25)19(26)8-10-23-30(27,28)18-7-3-2-5-16(18)15-21;3-2(4,5)1(6)7/h2-7,9,23H,8,10-14H2,1H3;(H,6,7). The van der Waals surface area contributed by atoms with Crippen LogP contribution in [0.3, 0.4) is 0 Å². The molecular weight excluding hydrogens is 519 g/mol. The summed E-state index contributed by atoms with van der Waals surface area (Å²) in [5.74, 6) is -1.45. The molecule has 0 aliphatic carbocycles. The summed E-state index contributed by atoms with van der Waals surface area (Å²) < 4.78 is 64.3. The molecule has 1 aromatic carbocycles. The number of aliphatic carboxylic acids is 1. The summed E-state index contributed by atoms with van der Waals surface area (Å²) in [6, 6.07) is 11.5. The second-order valence-corrected chi connectivity index (χ2v) is 9.19. The number of nitrogens with zero attached hydrogens (tertiary/aromatic N) is 4. The molecule has 0 atom stereocenters. The largest absolute Gasteiger partial charge is 0.493 e. The van der Waals surface area contributed by atoms with Gasteiger partial charge in [0.05, 0.1) is 17.6 Å². The molecule has 1 aliphatic heterocycles. The Morgan fingerprint density at radius 2 is 1.78 bits per heavy atom. The number of alkyl halides is 3. The maximum absolute atomic E-state index is 12.5. The SMILES string of the molecule is COc1cccnc1N1CCN(C(=O)CCNS(=O)(=O)c2ccccc2C#N)CC1.O=C(O)C(F)(F)F. The first-order chi connectivity index (χ1) is 17.4. The van der Waals surface area contributed by atoms with Gasteiger partial charge in [0, 0.05) is 45.3 Å². The average Bonchev–Trinajstić information content (AvgIpc) is 2.88. The third-order valence-corrected chi connectivity index (χ3v) is 6.59. The van der Waals surface area contributed by atoms with E-state index >= 15 is 0 Å². The number of methoxy groups -OCH3 is 1. The van der Waals surface area contributed by atoms with Gasteiger partial charge < -0.3 is 19.6 Å². The first-order valence-electron chi connectivity index (χ1n) is 10.7. The lowest BCUT2D eigenvalue weighted by molar-refractivity contribution is -0.192. The Morgan fingerprint density at radius 3 is 2.35 bits per heavy atom. The zero-order valence-electron chi connectivity index (χ0n) is 19.6. The number of ether oxygens (including phenoxy) is 1. The number of pyridine rings is 1. The molecule has 0 unspecified atom stereocenters. The first-order valence-corrected chi connectivity index (χ1v) is 12.2. The van der Waals surface area contributed by atoms with Crippen LogP contribution in [-0.2, 0) is 19.6 Å². The molecule has 15 heteroatoms. The van der Waals surface area contributed by atoms with E-state index in [1.54, 1.807) is 36.4 Å². The molecular formula is C22H24F3N5O6S. The highest BCUT2D eigenvalue weighted by Crippen LogP contribution is 2.25. The number of carbonyl (C=O) groups is 2. The topological polar surface area (TPSA) is 153 Å². The number of aromatic nitrogens is 1. The molecule has 1 fully saturated rings. The van der Waals surface area contributed by atoms with E-state index in [0.29, 0.717) is 31.9 Å². The molecule has 2 aromatic rings. The Hall–Kier alpha value is -3.90. The minimum atomic E-state index is -5.08. The molecule has 0 spiro atoms. The highest BCUT2D eigenvalue weighted by molar-refractivity contribution is 7.89. The van der Waals surface area contributed by atoms with E-state index in [0.717, 1.165) is 5.82 Å². The van der Waals surface area contributed by atoms with E-state index in [-0.39, 0.29) is 29.3 Å². The van der Waals surface area contributed by atoms with Gasteiger partial charge >= 0.3 is 12.1 Å². The molecule has 0 saturated carbocycles. The lowest BCUT2D eigenvalue weighted by Gasteiger charge is -2.35. The maximum atomic E-state index is 12.5. The van der Waals surface area contributed by atoms with Gasteiger partial charge in [-0.15, -0.1) is 0 Å². The normalized spacial score (nSPS) is 13.7. The number of amides is 1. The van der Waals surface area contributed by atoms with Crippen molar-refractivity contribution in [1.82, 2.24) is 14.6 Å². The fourth-order valence-electron chi connectivity index (χ4n) is 3.27. The third kappa shape index (κ3) is 8.33. The van der Waals surface area contributed by atoms with E-state index in [2.05, 4.69) is 14.6 Å². The average molecular weight is 544 g/mol. The van der Waals surface area contributed by atoms with Crippen LogP contribution in [0.5, 0.6) is 5.75 Å². The van der Waals surface area contributed by atoms with Gasteiger partial charge in [-0.3, -0.25) is 4.79 Å². The van der Waals surface area contributed by atoms with Crippen LogP contribution in [0.2, 0.25) is 0 Å². The van der Waals surface area contributed by atoms with Crippen molar-refractivity contribution >= 4 is 27.7 Å². The van der Waals surface area contributed by atoms with Crippen molar-refractivity contribution < 1.29 is 41.0 Å². The first kappa shape index (κ1) is 29.3. The number of halogens is 3. The summed E-state index contributed by atoms with van der Waals surface area (Å²) in [5, 5.41) is 16.2. The Balaban J connectivity index is 0.000000604. The van der Waals surface area contributed by atoms with Crippen molar-refractivity contribution in [2.24, 2.45) is 0 Å². The molecule has 200 valence electrons. The molecule has 2 N–H and O–H groups in total. The molecule has 2 heterocycles. The summed E-state index contributed by atoms with van der Waals surface area (Å²) in [5.41, 5.74) is 0.0670. The van der Waals surface area contributed by atoms with Crippen LogP contribution in [-0.4, -0.2) is 81.3 Å². The van der Waals surface area contributed by atoms with Crippen LogP contribution >= 0.6 is 0 Å². The van der Waals surface area contributed by atoms with E-state index in [9.17, 15) is 26.4 Å². The van der Waals surface area contributed by atoms with Crippen LogP contribution < -0.4 is 14.4 Å². The van der Waals surface area contributed by atoms with Gasteiger partial charge in [-0.25, -0.2) is 22.9 Å². The highest BCUT2D eigenvalue weighted by Gasteiger charge is 2.38. The maximum Gasteiger partial charge on any atom is 0.490 e. The summed E-state index contributed by atoms with van der Waals surface area (Å²) in [7, 11) is -2.26. The molecule has 1 aromatic heterocycles.